The number of fused-ring (bicyclic) bond motifs is 3. The first-order chi connectivity index (χ1) is 11.5. The van der Waals surface area contributed by atoms with Gasteiger partial charge in [-0.2, -0.15) is 5.01 Å². The molecule has 2 bridgehead atoms. The minimum absolute atomic E-state index is 0.165. The van der Waals surface area contributed by atoms with Gasteiger partial charge in [0.15, 0.2) is 0 Å². The van der Waals surface area contributed by atoms with Gasteiger partial charge in [-0.1, -0.05) is 28.1 Å². The highest BCUT2D eigenvalue weighted by atomic mass is 79.9. The summed E-state index contributed by atoms with van der Waals surface area (Å²) in [6.07, 6.45) is 6.44. The van der Waals surface area contributed by atoms with E-state index in [1.807, 2.05) is 0 Å². The number of halogens is 1. The quantitative estimate of drug-likeness (QED) is 0.626. The molecule has 4 aliphatic rings. The van der Waals surface area contributed by atoms with Crippen molar-refractivity contribution in [1.29, 1.82) is 0 Å². The Labute approximate surface area is 147 Å². The van der Waals surface area contributed by atoms with E-state index in [9.17, 15) is 14.4 Å². The maximum Gasteiger partial charge on any atom is 0.270 e. The third kappa shape index (κ3) is 1.67. The molecule has 4 atom stereocenters. The highest BCUT2D eigenvalue weighted by Crippen LogP contribution is 2.73. The van der Waals surface area contributed by atoms with E-state index in [0.717, 1.165) is 22.3 Å². The predicted octanol–water partition coefficient (Wildman–Crippen LogP) is 2.29. The lowest BCUT2D eigenvalue weighted by atomic mass is 9.85. The molecule has 0 aromatic heterocycles. The molecule has 3 fully saturated rings. The monoisotopic (exact) mass is 386 g/mol. The first kappa shape index (κ1) is 14.4. The highest BCUT2D eigenvalue weighted by Gasteiger charge is 2.73. The summed E-state index contributed by atoms with van der Waals surface area (Å²) < 4.78 is 0.860. The molecule has 1 aromatic rings. The second kappa shape index (κ2) is 4.57. The van der Waals surface area contributed by atoms with E-state index in [0.29, 0.717) is 5.56 Å². The average molecular weight is 387 g/mol. The zero-order valence-electron chi connectivity index (χ0n) is 12.7. The third-order valence-corrected chi connectivity index (χ3v) is 6.70. The molecule has 24 heavy (non-hydrogen) atoms. The van der Waals surface area contributed by atoms with Crippen LogP contribution in [0.5, 0.6) is 0 Å². The van der Waals surface area contributed by atoms with Gasteiger partial charge in [0.1, 0.15) is 0 Å². The van der Waals surface area contributed by atoms with Gasteiger partial charge in [0.25, 0.3) is 17.7 Å². The third-order valence-electron chi connectivity index (χ3n) is 6.17. The molecule has 5 rings (SSSR count). The summed E-state index contributed by atoms with van der Waals surface area (Å²) in [6, 6.07) is 6.79. The fourth-order valence-electron chi connectivity index (χ4n) is 4.96. The molecule has 3 aliphatic carbocycles. The zero-order chi connectivity index (χ0) is 16.6. The van der Waals surface area contributed by atoms with Crippen LogP contribution in [0, 0.1) is 29.1 Å². The molecule has 1 aromatic carbocycles. The molecule has 5 nitrogen and oxygen atoms in total. The van der Waals surface area contributed by atoms with Gasteiger partial charge in [0, 0.05) is 10.0 Å². The Morgan fingerprint density at radius 3 is 2.08 bits per heavy atom. The molecule has 0 radical (unpaired) electrons. The van der Waals surface area contributed by atoms with Crippen LogP contribution in [0.15, 0.2) is 40.9 Å². The number of carbonyl (C=O) groups is 3. The fourth-order valence-corrected chi connectivity index (χ4v) is 5.22. The summed E-state index contributed by atoms with van der Waals surface area (Å²) in [5.74, 6) is -1.19. The smallest absolute Gasteiger partial charge is 0.270 e. The topological polar surface area (TPSA) is 66.5 Å². The van der Waals surface area contributed by atoms with Crippen molar-refractivity contribution in [1.82, 2.24) is 10.4 Å². The zero-order valence-corrected chi connectivity index (χ0v) is 14.3. The predicted molar refractivity (Wildman–Crippen MR) is 88.2 cm³/mol. The molecule has 6 heteroatoms. The summed E-state index contributed by atoms with van der Waals surface area (Å²) in [4.78, 5) is 37.9. The summed E-state index contributed by atoms with van der Waals surface area (Å²) >= 11 is 3.31. The van der Waals surface area contributed by atoms with Crippen molar-refractivity contribution >= 4 is 33.7 Å². The highest BCUT2D eigenvalue weighted by molar-refractivity contribution is 9.10. The number of allylic oxidation sites excluding steroid dienone is 2. The van der Waals surface area contributed by atoms with Crippen molar-refractivity contribution in [3.8, 4) is 0 Å². The van der Waals surface area contributed by atoms with Gasteiger partial charge in [-0.15, -0.1) is 0 Å². The van der Waals surface area contributed by atoms with Crippen molar-refractivity contribution in [2.75, 3.05) is 0 Å². The van der Waals surface area contributed by atoms with Crippen molar-refractivity contribution < 1.29 is 14.4 Å². The molecule has 0 unspecified atom stereocenters. The first-order valence-electron chi connectivity index (χ1n) is 8.16. The first-order valence-corrected chi connectivity index (χ1v) is 8.95. The Balaban J connectivity index is 1.39. The van der Waals surface area contributed by atoms with Gasteiger partial charge in [-0.25, -0.2) is 0 Å². The van der Waals surface area contributed by atoms with E-state index < -0.39 is 5.91 Å². The average Bonchev–Trinajstić information content (AvgIpc) is 3.18. The van der Waals surface area contributed by atoms with E-state index in [1.165, 1.54) is 0 Å². The van der Waals surface area contributed by atoms with Crippen LogP contribution in [-0.4, -0.2) is 22.7 Å². The summed E-state index contributed by atoms with van der Waals surface area (Å²) in [5.41, 5.74) is 3.09. The van der Waals surface area contributed by atoms with Crippen molar-refractivity contribution in [2.45, 2.75) is 12.8 Å². The Morgan fingerprint density at radius 1 is 1.04 bits per heavy atom. The Bertz CT molecular complexity index is 778. The van der Waals surface area contributed by atoms with Gasteiger partial charge < -0.3 is 0 Å². The van der Waals surface area contributed by atoms with E-state index in [-0.39, 0.29) is 40.9 Å². The van der Waals surface area contributed by atoms with Crippen LogP contribution < -0.4 is 5.43 Å². The molecule has 1 N–H and O–H groups in total. The lowest BCUT2D eigenvalue weighted by Crippen LogP contribution is -2.47. The molecule has 1 spiro atoms. The van der Waals surface area contributed by atoms with Crippen LogP contribution >= 0.6 is 15.9 Å². The van der Waals surface area contributed by atoms with Crippen LogP contribution in [0.4, 0.5) is 0 Å². The van der Waals surface area contributed by atoms with E-state index in [4.69, 9.17) is 0 Å². The van der Waals surface area contributed by atoms with E-state index in [2.05, 4.69) is 33.5 Å². The second-order valence-corrected chi connectivity index (χ2v) is 8.10. The number of nitrogens with one attached hydrogen (secondary N) is 1. The van der Waals surface area contributed by atoms with Gasteiger partial charge in [-0.3, -0.25) is 19.8 Å². The number of rotatable bonds is 2. The molecular formula is C18H15BrN2O3. The minimum atomic E-state index is -0.439. The SMILES string of the molecule is O=C(NN1C(=O)[C@@H]2[C@@H](C1=O)[C@H]1C=C[C@H]2C12CC2)c1ccc(Br)cc1. The molecule has 1 heterocycles. The summed E-state index contributed by atoms with van der Waals surface area (Å²) in [6.45, 7) is 0. The summed E-state index contributed by atoms with van der Waals surface area (Å²) in [7, 11) is 0. The van der Waals surface area contributed by atoms with Crippen molar-refractivity contribution in [3.05, 3.63) is 46.5 Å². The molecule has 122 valence electrons. The molecular weight excluding hydrogens is 372 g/mol. The summed E-state index contributed by atoms with van der Waals surface area (Å²) in [5, 5.41) is 0.960. The van der Waals surface area contributed by atoms with Crippen LogP contribution in [0.1, 0.15) is 23.2 Å². The number of carbonyl (C=O) groups excluding carboxylic acids is 3. The van der Waals surface area contributed by atoms with Gasteiger partial charge >= 0.3 is 0 Å². The number of hydrogen-bond donors (Lipinski definition) is 1. The van der Waals surface area contributed by atoms with Gasteiger partial charge in [0.2, 0.25) is 0 Å². The van der Waals surface area contributed by atoms with Crippen molar-refractivity contribution in [3.63, 3.8) is 0 Å². The fraction of sp³-hybridized carbons (Fsp3) is 0.389. The number of benzene rings is 1. The normalized spacial score (nSPS) is 34.1. The van der Waals surface area contributed by atoms with Gasteiger partial charge in [-0.05, 0) is 54.4 Å². The standard InChI is InChI=1S/C18H15BrN2O3/c19-10-3-1-9(2-4-10)15(22)20-21-16(23)13-11-5-6-12(14(13)17(21)24)18(11)7-8-18/h1-6,11-14H,7-8H2,(H,20,22)/t11-,12-,13+,14+/m1/s1. The lowest BCUT2D eigenvalue weighted by molar-refractivity contribution is -0.144. The van der Waals surface area contributed by atoms with Crippen LogP contribution in [0.2, 0.25) is 0 Å². The largest absolute Gasteiger partial charge is 0.272 e. The van der Waals surface area contributed by atoms with E-state index in [1.54, 1.807) is 24.3 Å². The number of hydrazine groups is 1. The second-order valence-electron chi connectivity index (χ2n) is 7.18. The number of nitrogens with zero attached hydrogens (tertiary/aromatic N) is 1. The van der Waals surface area contributed by atoms with E-state index >= 15 is 0 Å². The molecule has 1 saturated heterocycles. The van der Waals surface area contributed by atoms with Crippen LogP contribution in [0.3, 0.4) is 0 Å². The molecule has 3 amide bonds. The van der Waals surface area contributed by atoms with Crippen LogP contribution in [-0.2, 0) is 9.59 Å². The molecule has 2 saturated carbocycles. The van der Waals surface area contributed by atoms with Gasteiger partial charge in [0.05, 0.1) is 11.8 Å². The Hall–Kier alpha value is -1.95. The Morgan fingerprint density at radius 2 is 1.58 bits per heavy atom. The number of hydrogen-bond acceptors (Lipinski definition) is 3. The van der Waals surface area contributed by atoms with Crippen molar-refractivity contribution in [2.24, 2.45) is 29.1 Å². The number of imide groups is 1. The van der Waals surface area contributed by atoms with Crippen LogP contribution in [0.25, 0.3) is 0 Å². The maximum atomic E-state index is 12.8. The maximum absolute atomic E-state index is 12.8. The number of amides is 3. The minimum Gasteiger partial charge on any atom is -0.272 e. The Kier molecular flexibility index (Phi) is 2.74. The lowest BCUT2D eigenvalue weighted by Gasteiger charge is -2.22. The molecule has 1 aliphatic heterocycles.